The second-order valence-electron chi connectivity index (χ2n) is 10.8. The maximum absolute atomic E-state index is 14.6. The van der Waals surface area contributed by atoms with Crippen molar-refractivity contribution in [3.63, 3.8) is 0 Å². The summed E-state index contributed by atoms with van der Waals surface area (Å²) in [6.07, 6.45) is 0.168. The van der Waals surface area contributed by atoms with E-state index in [1.54, 1.807) is 49.4 Å². The van der Waals surface area contributed by atoms with Crippen molar-refractivity contribution in [1.82, 2.24) is 10.2 Å². The molecular formula is C34H34Cl3N3O4S. The molecule has 0 aliphatic carbocycles. The second kappa shape index (κ2) is 15.1. The van der Waals surface area contributed by atoms with Crippen LogP contribution >= 0.6 is 34.8 Å². The van der Waals surface area contributed by atoms with Gasteiger partial charge in [0.25, 0.3) is 10.0 Å². The number of amides is 2. The Balaban J connectivity index is 1.85. The van der Waals surface area contributed by atoms with Crippen LogP contribution in [0.4, 0.5) is 5.69 Å². The lowest BCUT2D eigenvalue weighted by atomic mass is 10.0. The van der Waals surface area contributed by atoms with E-state index in [4.69, 9.17) is 34.8 Å². The van der Waals surface area contributed by atoms with Crippen molar-refractivity contribution in [1.29, 1.82) is 0 Å². The summed E-state index contributed by atoms with van der Waals surface area (Å²) in [6.45, 7) is 4.68. The number of para-hydroxylation sites is 1. The largest absolute Gasteiger partial charge is 0.352 e. The molecule has 45 heavy (non-hydrogen) atoms. The molecule has 7 nitrogen and oxygen atoms in total. The summed E-state index contributed by atoms with van der Waals surface area (Å²) in [4.78, 5) is 29.7. The minimum Gasteiger partial charge on any atom is -0.352 e. The van der Waals surface area contributed by atoms with Gasteiger partial charge in [-0.15, -0.1) is 0 Å². The van der Waals surface area contributed by atoms with E-state index in [-0.39, 0.29) is 23.9 Å². The third kappa shape index (κ3) is 8.58. The van der Waals surface area contributed by atoms with Crippen LogP contribution in [0, 0.1) is 6.92 Å². The van der Waals surface area contributed by atoms with Crippen molar-refractivity contribution >= 4 is 62.3 Å². The van der Waals surface area contributed by atoms with Crippen molar-refractivity contribution in [3.05, 3.63) is 129 Å². The maximum Gasteiger partial charge on any atom is 0.264 e. The zero-order valence-electron chi connectivity index (χ0n) is 25.1. The van der Waals surface area contributed by atoms with Crippen molar-refractivity contribution in [3.8, 4) is 0 Å². The van der Waals surface area contributed by atoms with Crippen LogP contribution in [-0.4, -0.2) is 43.8 Å². The minimum atomic E-state index is -4.26. The number of nitrogens with one attached hydrogen (secondary N) is 1. The third-order valence-electron chi connectivity index (χ3n) is 7.16. The Morgan fingerprint density at radius 3 is 2.00 bits per heavy atom. The van der Waals surface area contributed by atoms with Crippen LogP contribution in [0.15, 0.2) is 102 Å². The molecule has 236 valence electrons. The molecule has 0 saturated heterocycles. The molecule has 0 fully saturated rings. The third-order valence-corrected chi connectivity index (χ3v) is 9.89. The van der Waals surface area contributed by atoms with Gasteiger partial charge < -0.3 is 10.2 Å². The first-order valence-electron chi connectivity index (χ1n) is 14.3. The smallest absolute Gasteiger partial charge is 0.264 e. The van der Waals surface area contributed by atoms with Crippen molar-refractivity contribution in [2.24, 2.45) is 0 Å². The van der Waals surface area contributed by atoms with Crippen LogP contribution in [0.2, 0.25) is 15.1 Å². The monoisotopic (exact) mass is 685 g/mol. The lowest BCUT2D eigenvalue weighted by Gasteiger charge is -2.34. The van der Waals surface area contributed by atoms with E-state index in [2.05, 4.69) is 5.32 Å². The molecule has 1 unspecified atom stereocenters. The zero-order chi connectivity index (χ0) is 32.7. The van der Waals surface area contributed by atoms with Gasteiger partial charge in [0.2, 0.25) is 11.8 Å². The van der Waals surface area contributed by atoms with Gasteiger partial charge in [-0.2, -0.15) is 0 Å². The van der Waals surface area contributed by atoms with Crippen LogP contribution in [0.5, 0.6) is 0 Å². The lowest BCUT2D eigenvalue weighted by molar-refractivity contribution is -0.140. The van der Waals surface area contributed by atoms with E-state index in [9.17, 15) is 18.0 Å². The molecule has 11 heteroatoms. The molecule has 1 atom stereocenters. The van der Waals surface area contributed by atoms with E-state index in [1.807, 2.05) is 44.2 Å². The predicted octanol–water partition coefficient (Wildman–Crippen LogP) is 7.32. The normalized spacial score (nSPS) is 12.1. The van der Waals surface area contributed by atoms with Crippen LogP contribution in [0.1, 0.15) is 30.5 Å². The molecule has 4 aromatic rings. The number of benzene rings is 4. The Kier molecular flexibility index (Phi) is 11.6. The topological polar surface area (TPSA) is 86.8 Å². The number of rotatable bonds is 12. The zero-order valence-corrected chi connectivity index (χ0v) is 28.2. The standard InChI is InChI=1S/C34H34Cl3N3O4S/c1-23(2)38-34(42)32(20-25-11-5-4-6-12-25)39(21-28-29(36)13-9-14-30(28)37)33(41)22-40(31-15-8-7-10-24(31)3)45(43,44)27-18-16-26(35)17-19-27/h4-19,23,32H,20-22H2,1-3H3,(H,38,42). The predicted molar refractivity (Wildman–Crippen MR) is 181 cm³/mol. The van der Waals surface area contributed by atoms with Crippen LogP contribution in [0.3, 0.4) is 0 Å². The molecule has 0 saturated carbocycles. The number of carbonyl (C=O) groups is 2. The van der Waals surface area contributed by atoms with Crippen LogP contribution in [0.25, 0.3) is 0 Å². The molecule has 4 rings (SSSR count). The highest BCUT2D eigenvalue weighted by Gasteiger charge is 2.35. The second-order valence-corrected chi connectivity index (χ2v) is 14.0. The molecule has 0 heterocycles. The summed E-state index contributed by atoms with van der Waals surface area (Å²) in [5.74, 6) is -1.01. The van der Waals surface area contributed by atoms with E-state index in [0.29, 0.717) is 31.9 Å². The molecule has 0 aliphatic rings. The SMILES string of the molecule is Cc1ccccc1N(CC(=O)N(Cc1c(Cl)cccc1Cl)C(Cc1ccccc1)C(=O)NC(C)C)S(=O)(=O)c1ccc(Cl)cc1. The summed E-state index contributed by atoms with van der Waals surface area (Å²) in [6, 6.07) is 25.7. The van der Waals surface area contributed by atoms with Crippen molar-refractivity contribution in [2.45, 2.75) is 50.7 Å². The summed E-state index contributed by atoms with van der Waals surface area (Å²) >= 11 is 19.2. The van der Waals surface area contributed by atoms with E-state index in [1.165, 1.54) is 29.2 Å². The van der Waals surface area contributed by atoms with Gasteiger partial charge in [0.05, 0.1) is 10.6 Å². The van der Waals surface area contributed by atoms with E-state index >= 15 is 0 Å². The fraction of sp³-hybridized carbons (Fsp3) is 0.235. The number of halogens is 3. The Bertz CT molecular complexity index is 1730. The summed E-state index contributed by atoms with van der Waals surface area (Å²) in [5, 5.41) is 3.92. The van der Waals surface area contributed by atoms with Gasteiger partial charge in [0, 0.05) is 39.6 Å². The molecule has 0 bridgehead atoms. The number of aryl methyl sites for hydroxylation is 1. The van der Waals surface area contributed by atoms with Gasteiger partial charge in [0.1, 0.15) is 12.6 Å². The Labute approximate surface area is 279 Å². The van der Waals surface area contributed by atoms with Crippen molar-refractivity contribution < 1.29 is 18.0 Å². The quantitative estimate of drug-likeness (QED) is 0.169. The summed E-state index contributed by atoms with van der Waals surface area (Å²) < 4.78 is 29.4. The van der Waals surface area contributed by atoms with Gasteiger partial charge in [-0.25, -0.2) is 8.42 Å². The number of sulfonamides is 1. The highest BCUT2D eigenvalue weighted by molar-refractivity contribution is 7.92. The van der Waals surface area contributed by atoms with E-state index < -0.39 is 34.4 Å². The number of carbonyl (C=O) groups excluding carboxylic acids is 2. The number of nitrogens with zero attached hydrogens (tertiary/aromatic N) is 2. The van der Waals surface area contributed by atoms with Gasteiger partial charge >= 0.3 is 0 Å². The Morgan fingerprint density at radius 1 is 0.800 bits per heavy atom. The van der Waals surface area contributed by atoms with Gasteiger partial charge in [-0.1, -0.05) is 89.4 Å². The Hall–Kier alpha value is -3.56. The first kappa shape index (κ1) is 34.3. The molecule has 2 amide bonds. The molecule has 4 aromatic carbocycles. The van der Waals surface area contributed by atoms with Gasteiger partial charge in [-0.05, 0) is 74.4 Å². The fourth-order valence-corrected chi connectivity index (χ4v) is 7.00. The lowest BCUT2D eigenvalue weighted by Crippen LogP contribution is -2.54. The molecule has 0 aliphatic heterocycles. The number of anilines is 1. The highest BCUT2D eigenvalue weighted by atomic mass is 35.5. The summed E-state index contributed by atoms with van der Waals surface area (Å²) in [7, 11) is -4.26. The average Bonchev–Trinajstić information content (AvgIpc) is 2.99. The maximum atomic E-state index is 14.6. The first-order chi connectivity index (χ1) is 21.4. The number of hydrogen-bond acceptors (Lipinski definition) is 4. The molecule has 1 N–H and O–H groups in total. The van der Waals surface area contributed by atoms with Crippen LogP contribution < -0.4 is 9.62 Å². The fourth-order valence-electron chi connectivity index (χ4n) is 4.88. The molecular weight excluding hydrogens is 653 g/mol. The average molecular weight is 687 g/mol. The van der Waals surface area contributed by atoms with E-state index in [0.717, 1.165) is 9.87 Å². The van der Waals surface area contributed by atoms with Crippen molar-refractivity contribution in [2.75, 3.05) is 10.8 Å². The highest BCUT2D eigenvalue weighted by Crippen LogP contribution is 2.30. The Morgan fingerprint density at radius 2 is 1.40 bits per heavy atom. The number of hydrogen-bond donors (Lipinski definition) is 1. The minimum absolute atomic E-state index is 0.0398. The van der Waals surface area contributed by atoms with Gasteiger partial charge in [0.15, 0.2) is 0 Å². The van der Waals surface area contributed by atoms with Gasteiger partial charge in [-0.3, -0.25) is 13.9 Å². The molecule has 0 radical (unpaired) electrons. The first-order valence-corrected chi connectivity index (χ1v) is 16.9. The van der Waals surface area contributed by atoms with Crippen LogP contribution in [-0.2, 0) is 32.6 Å². The summed E-state index contributed by atoms with van der Waals surface area (Å²) in [5.41, 5.74) is 2.21. The molecule has 0 aromatic heterocycles. The molecule has 0 spiro atoms.